The molecule has 6 nitrogen and oxygen atoms in total. The van der Waals surface area contributed by atoms with Gasteiger partial charge in [0.25, 0.3) is 0 Å². The first-order valence-corrected chi connectivity index (χ1v) is 7.98. The summed E-state index contributed by atoms with van der Waals surface area (Å²) in [4.78, 5) is 35.7. The van der Waals surface area contributed by atoms with E-state index in [-0.39, 0.29) is 35.3 Å². The van der Waals surface area contributed by atoms with E-state index in [0.717, 1.165) is 12.2 Å². The van der Waals surface area contributed by atoms with Crippen molar-refractivity contribution in [3.8, 4) is 0 Å². The zero-order chi connectivity index (χ0) is 15.1. The van der Waals surface area contributed by atoms with E-state index in [9.17, 15) is 14.4 Å². The molecule has 0 radical (unpaired) electrons. The Bertz CT molecular complexity index is 376. The van der Waals surface area contributed by atoms with Crippen molar-refractivity contribution in [1.82, 2.24) is 4.90 Å². The molecular weight excluding hydrogens is 278 g/mol. The number of hydrogen-bond acceptors (Lipinski definition) is 5. The van der Waals surface area contributed by atoms with Gasteiger partial charge in [0.05, 0.1) is 5.25 Å². The highest BCUT2D eigenvalue weighted by molar-refractivity contribution is 8.00. The van der Waals surface area contributed by atoms with E-state index in [2.05, 4.69) is 0 Å². The SMILES string of the molecule is CCN1C(=O)CC(SC[C@@H](CCN)CCC(N)=O)C1=O. The Hall–Kier alpha value is -1.08. The van der Waals surface area contributed by atoms with Gasteiger partial charge in [0.1, 0.15) is 0 Å². The number of nitrogens with zero attached hydrogens (tertiary/aromatic N) is 1. The van der Waals surface area contributed by atoms with Crippen molar-refractivity contribution in [3.63, 3.8) is 0 Å². The minimum Gasteiger partial charge on any atom is -0.370 e. The lowest BCUT2D eigenvalue weighted by molar-refractivity contribution is -0.137. The molecule has 2 atom stereocenters. The summed E-state index contributed by atoms with van der Waals surface area (Å²) >= 11 is 1.50. The lowest BCUT2D eigenvalue weighted by atomic mass is 10.0. The number of rotatable bonds is 9. The van der Waals surface area contributed by atoms with Crippen molar-refractivity contribution in [3.05, 3.63) is 0 Å². The molecular formula is C13H23N3O3S. The number of carbonyl (C=O) groups excluding carboxylic acids is 3. The standard InChI is InChI=1S/C13H23N3O3S/c1-2-16-12(18)7-10(13(16)19)20-8-9(5-6-14)3-4-11(15)17/h9-10H,2-8,14H2,1H3,(H2,15,17)/t9-,10?/m1/s1. The highest BCUT2D eigenvalue weighted by Gasteiger charge is 2.37. The summed E-state index contributed by atoms with van der Waals surface area (Å²) < 4.78 is 0. The number of nitrogens with two attached hydrogens (primary N) is 2. The van der Waals surface area contributed by atoms with Crippen LogP contribution in [0.3, 0.4) is 0 Å². The Balaban J connectivity index is 2.45. The van der Waals surface area contributed by atoms with Crippen LogP contribution in [-0.2, 0) is 14.4 Å². The zero-order valence-corrected chi connectivity index (χ0v) is 12.7. The first-order valence-electron chi connectivity index (χ1n) is 6.93. The van der Waals surface area contributed by atoms with Crippen LogP contribution >= 0.6 is 11.8 Å². The van der Waals surface area contributed by atoms with Gasteiger partial charge in [-0.2, -0.15) is 0 Å². The van der Waals surface area contributed by atoms with Crippen molar-refractivity contribution in [2.24, 2.45) is 17.4 Å². The fraction of sp³-hybridized carbons (Fsp3) is 0.769. The van der Waals surface area contributed by atoms with Crippen LogP contribution in [-0.4, -0.2) is 46.7 Å². The lowest BCUT2D eigenvalue weighted by Gasteiger charge is -2.17. The molecule has 0 spiro atoms. The molecule has 0 aliphatic carbocycles. The molecule has 1 unspecified atom stereocenters. The number of likely N-dealkylation sites (tertiary alicyclic amines) is 1. The molecule has 0 aromatic rings. The molecule has 3 amide bonds. The normalized spacial score (nSPS) is 20.5. The molecule has 0 bridgehead atoms. The fourth-order valence-corrected chi connectivity index (χ4v) is 3.63. The van der Waals surface area contributed by atoms with Gasteiger partial charge in [-0.15, -0.1) is 11.8 Å². The van der Waals surface area contributed by atoms with Gasteiger partial charge in [-0.25, -0.2) is 0 Å². The quantitative estimate of drug-likeness (QED) is 0.587. The van der Waals surface area contributed by atoms with Gasteiger partial charge in [-0.3, -0.25) is 19.3 Å². The third-order valence-electron chi connectivity index (χ3n) is 3.43. The van der Waals surface area contributed by atoms with Gasteiger partial charge in [0.2, 0.25) is 17.7 Å². The molecule has 1 aliphatic heterocycles. The number of imide groups is 1. The first-order chi connectivity index (χ1) is 9.49. The van der Waals surface area contributed by atoms with Crippen LogP contribution in [0.1, 0.15) is 32.6 Å². The van der Waals surface area contributed by atoms with Crippen LogP contribution in [0.2, 0.25) is 0 Å². The van der Waals surface area contributed by atoms with Crippen molar-refractivity contribution in [1.29, 1.82) is 0 Å². The average molecular weight is 301 g/mol. The molecule has 4 N–H and O–H groups in total. The molecule has 20 heavy (non-hydrogen) atoms. The summed E-state index contributed by atoms with van der Waals surface area (Å²) in [5, 5.41) is -0.281. The number of amides is 3. The van der Waals surface area contributed by atoms with E-state index in [1.807, 2.05) is 0 Å². The largest absolute Gasteiger partial charge is 0.370 e. The Kier molecular flexibility index (Phi) is 7.01. The minimum absolute atomic E-state index is 0.0936. The first kappa shape index (κ1) is 17.0. The minimum atomic E-state index is -0.318. The molecule has 0 aromatic carbocycles. The summed E-state index contributed by atoms with van der Waals surface area (Å²) in [5.41, 5.74) is 10.7. The summed E-state index contributed by atoms with van der Waals surface area (Å²) in [6, 6.07) is 0. The molecule has 1 rings (SSSR count). The molecule has 114 valence electrons. The second-order valence-corrected chi connectivity index (χ2v) is 6.19. The van der Waals surface area contributed by atoms with E-state index >= 15 is 0 Å². The predicted octanol–water partition coefficient (Wildman–Crippen LogP) is 0.0975. The summed E-state index contributed by atoms with van der Waals surface area (Å²) in [6.45, 7) is 2.78. The Morgan fingerprint density at radius 3 is 2.65 bits per heavy atom. The van der Waals surface area contributed by atoms with Crippen LogP contribution in [0.5, 0.6) is 0 Å². The highest BCUT2D eigenvalue weighted by Crippen LogP contribution is 2.28. The Labute approximate surface area is 123 Å². The maximum Gasteiger partial charge on any atom is 0.242 e. The summed E-state index contributed by atoms with van der Waals surface area (Å²) in [5.74, 6) is 0.481. The Morgan fingerprint density at radius 2 is 2.15 bits per heavy atom. The number of carbonyl (C=O) groups is 3. The Morgan fingerprint density at radius 1 is 1.45 bits per heavy atom. The molecule has 1 aliphatic rings. The summed E-state index contributed by atoms with van der Waals surface area (Å²) in [7, 11) is 0. The van der Waals surface area contributed by atoms with Crippen LogP contribution in [0.25, 0.3) is 0 Å². The summed E-state index contributed by atoms with van der Waals surface area (Å²) in [6.07, 6.45) is 2.10. The van der Waals surface area contributed by atoms with Crippen molar-refractivity contribution in [2.45, 2.75) is 37.9 Å². The fourth-order valence-electron chi connectivity index (χ4n) is 2.26. The van der Waals surface area contributed by atoms with Crippen LogP contribution < -0.4 is 11.5 Å². The monoisotopic (exact) mass is 301 g/mol. The van der Waals surface area contributed by atoms with Gasteiger partial charge in [0.15, 0.2) is 0 Å². The third kappa shape index (κ3) is 4.79. The third-order valence-corrected chi connectivity index (χ3v) is 4.86. The van der Waals surface area contributed by atoms with E-state index < -0.39 is 0 Å². The highest BCUT2D eigenvalue weighted by atomic mass is 32.2. The van der Waals surface area contributed by atoms with E-state index in [0.29, 0.717) is 25.9 Å². The van der Waals surface area contributed by atoms with E-state index in [1.54, 1.807) is 6.92 Å². The second-order valence-electron chi connectivity index (χ2n) is 4.95. The maximum atomic E-state index is 12.0. The topological polar surface area (TPSA) is 106 Å². The van der Waals surface area contributed by atoms with Gasteiger partial charge in [-0.1, -0.05) is 0 Å². The van der Waals surface area contributed by atoms with Crippen LogP contribution in [0.15, 0.2) is 0 Å². The number of hydrogen-bond donors (Lipinski definition) is 2. The van der Waals surface area contributed by atoms with E-state index in [1.165, 1.54) is 16.7 Å². The lowest BCUT2D eigenvalue weighted by Crippen LogP contribution is -2.31. The molecule has 1 saturated heterocycles. The van der Waals surface area contributed by atoms with Gasteiger partial charge in [0, 0.05) is 19.4 Å². The molecule has 1 fully saturated rings. The van der Waals surface area contributed by atoms with Gasteiger partial charge >= 0.3 is 0 Å². The molecule has 7 heteroatoms. The van der Waals surface area contributed by atoms with Crippen molar-refractivity contribution >= 4 is 29.5 Å². The van der Waals surface area contributed by atoms with Gasteiger partial charge < -0.3 is 11.5 Å². The van der Waals surface area contributed by atoms with Crippen LogP contribution in [0.4, 0.5) is 0 Å². The molecule has 1 heterocycles. The molecule has 0 saturated carbocycles. The van der Waals surface area contributed by atoms with Crippen molar-refractivity contribution < 1.29 is 14.4 Å². The number of thioether (sulfide) groups is 1. The zero-order valence-electron chi connectivity index (χ0n) is 11.8. The molecule has 0 aromatic heterocycles. The van der Waals surface area contributed by atoms with Gasteiger partial charge in [-0.05, 0) is 38.0 Å². The van der Waals surface area contributed by atoms with Crippen LogP contribution in [0, 0.1) is 5.92 Å². The van der Waals surface area contributed by atoms with E-state index in [4.69, 9.17) is 11.5 Å². The smallest absolute Gasteiger partial charge is 0.242 e. The maximum absolute atomic E-state index is 12.0. The number of primary amides is 1. The van der Waals surface area contributed by atoms with Crippen molar-refractivity contribution in [2.75, 3.05) is 18.8 Å². The average Bonchev–Trinajstić information content (AvgIpc) is 2.67. The predicted molar refractivity (Wildman–Crippen MR) is 78.8 cm³/mol. The second kappa shape index (κ2) is 8.26.